The maximum absolute atomic E-state index is 11.0. The van der Waals surface area contributed by atoms with Crippen LogP contribution in [0.1, 0.15) is 59.3 Å². The third-order valence-electron chi connectivity index (χ3n) is 5.09. The predicted molar refractivity (Wildman–Crippen MR) is 108 cm³/mol. The van der Waals surface area contributed by atoms with Gasteiger partial charge in [-0.2, -0.15) is 4.80 Å². The van der Waals surface area contributed by atoms with Crippen LogP contribution in [0.4, 0.5) is 0 Å². The van der Waals surface area contributed by atoms with E-state index in [2.05, 4.69) is 43.1 Å². The molecular weight excluding hydrogens is 346 g/mol. The standard InChI is InChI=1S/C21H28ClN3O/c1-4-6-8-15-13-21(3,11-7-5-2)14-19(20(15)26)25-23-17-10-9-16(22)12-18(17)24-25/h9-10,12-14,20,26H,4-8,11H2,1-3H3. The zero-order valence-electron chi connectivity index (χ0n) is 15.9. The third kappa shape index (κ3) is 4.02. The first-order valence-electron chi connectivity index (χ1n) is 9.61. The second-order valence-electron chi connectivity index (χ2n) is 7.53. The summed E-state index contributed by atoms with van der Waals surface area (Å²) in [5, 5.41) is 20.8. The topological polar surface area (TPSA) is 50.9 Å². The molecule has 4 nitrogen and oxygen atoms in total. The number of allylic oxidation sites excluding steroid dienone is 2. The first-order chi connectivity index (χ1) is 12.5. The number of halogens is 1. The van der Waals surface area contributed by atoms with Crippen LogP contribution in [-0.4, -0.2) is 26.2 Å². The number of hydrogen-bond donors (Lipinski definition) is 1. The van der Waals surface area contributed by atoms with Crippen molar-refractivity contribution in [3.8, 4) is 0 Å². The minimum Gasteiger partial charge on any atom is -0.382 e. The van der Waals surface area contributed by atoms with Crippen LogP contribution in [0.25, 0.3) is 16.7 Å². The van der Waals surface area contributed by atoms with E-state index in [1.165, 1.54) is 0 Å². The molecular formula is C21H28ClN3O. The highest BCUT2D eigenvalue weighted by Gasteiger charge is 2.31. The molecule has 3 rings (SSSR count). The lowest BCUT2D eigenvalue weighted by molar-refractivity contribution is 0.243. The first kappa shape index (κ1) is 19.1. The van der Waals surface area contributed by atoms with Crippen LogP contribution in [0.5, 0.6) is 0 Å². The molecule has 1 aromatic carbocycles. The summed E-state index contributed by atoms with van der Waals surface area (Å²) in [5.74, 6) is 0. The lowest BCUT2D eigenvalue weighted by Crippen LogP contribution is -2.28. The highest BCUT2D eigenvalue weighted by atomic mass is 35.5. The Morgan fingerprint density at radius 1 is 1.12 bits per heavy atom. The van der Waals surface area contributed by atoms with Crippen molar-refractivity contribution in [1.29, 1.82) is 0 Å². The highest BCUT2D eigenvalue weighted by molar-refractivity contribution is 6.31. The molecule has 1 heterocycles. The molecule has 5 heteroatoms. The average molecular weight is 374 g/mol. The summed E-state index contributed by atoms with van der Waals surface area (Å²) in [5.41, 5.74) is 3.28. The van der Waals surface area contributed by atoms with Crippen molar-refractivity contribution < 1.29 is 5.11 Å². The summed E-state index contributed by atoms with van der Waals surface area (Å²) in [7, 11) is 0. The fourth-order valence-electron chi connectivity index (χ4n) is 3.61. The van der Waals surface area contributed by atoms with Gasteiger partial charge >= 0.3 is 0 Å². The largest absolute Gasteiger partial charge is 0.382 e. The second-order valence-corrected chi connectivity index (χ2v) is 7.96. The molecule has 140 valence electrons. The molecule has 26 heavy (non-hydrogen) atoms. The number of fused-ring (bicyclic) bond motifs is 1. The van der Waals surface area contributed by atoms with Gasteiger partial charge in [0.05, 0.1) is 5.70 Å². The Hall–Kier alpha value is -1.65. The van der Waals surface area contributed by atoms with Gasteiger partial charge in [0.1, 0.15) is 17.1 Å². The Balaban J connectivity index is 2.01. The monoisotopic (exact) mass is 373 g/mol. The van der Waals surface area contributed by atoms with E-state index in [-0.39, 0.29) is 5.41 Å². The summed E-state index contributed by atoms with van der Waals surface area (Å²) in [6.45, 7) is 6.62. The van der Waals surface area contributed by atoms with Crippen molar-refractivity contribution in [2.24, 2.45) is 5.41 Å². The van der Waals surface area contributed by atoms with E-state index in [1.54, 1.807) is 10.9 Å². The van der Waals surface area contributed by atoms with Crippen molar-refractivity contribution in [3.63, 3.8) is 0 Å². The van der Waals surface area contributed by atoms with E-state index in [9.17, 15) is 5.11 Å². The summed E-state index contributed by atoms with van der Waals surface area (Å²) >= 11 is 6.08. The number of aliphatic hydroxyl groups is 1. The van der Waals surface area contributed by atoms with Crippen molar-refractivity contribution in [2.45, 2.75) is 65.4 Å². The summed E-state index contributed by atoms with van der Waals surface area (Å²) < 4.78 is 0. The smallest absolute Gasteiger partial charge is 0.119 e. The van der Waals surface area contributed by atoms with E-state index < -0.39 is 6.10 Å². The Morgan fingerprint density at radius 3 is 2.58 bits per heavy atom. The molecule has 1 aliphatic rings. The van der Waals surface area contributed by atoms with Crippen LogP contribution < -0.4 is 0 Å². The molecule has 2 atom stereocenters. The molecule has 0 amide bonds. The molecule has 1 aliphatic carbocycles. The highest BCUT2D eigenvalue weighted by Crippen LogP contribution is 2.39. The van der Waals surface area contributed by atoms with Gasteiger partial charge in [0.15, 0.2) is 0 Å². The van der Waals surface area contributed by atoms with Crippen molar-refractivity contribution >= 4 is 28.3 Å². The number of hydrogen-bond acceptors (Lipinski definition) is 3. The molecule has 0 bridgehead atoms. The predicted octanol–water partition coefficient (Wildman–Crippen LogP) is 5.61. The minimum absolute atomic E-state index is 0.0783. The molecule has 0 saturated heterocycles. The normalized spacial score (nSPS) is 23.2. The van der Waals surface area contributed by atoms with Gasteiger partial charge in [-0.15, -0.1) is 10.2 Å². The van der Waals surface area contributed by atoms with E-state index in [0.717, 1.165) is 60.8 Å². The lowest BCUT2D eigenvalue weighted by atomic mass is 9.76. The van der Waals surface area contributed by atoms with Crippen LogP contribution >= 0.6 is 11.6 Å². The van der Waals surface area contributed by atoms with Crippen LogP contribution in [0, 0.1) is 5.41 Å². The fourth-order valence-corrected chi connectivity index (χ4v) is 3.78. The molecule has 0 aliphatic heterocycles. The van der Waals surface area contributed by atoms with Gasteiger partial charge in [-0.25, -0.2) is 0 Å². The maximum Gasteiger partial charge on any atom is 0.119 e. The van der Waals surface area contributed by atoms with E-state index in [4.69, 9.17) is 11.6 Å². The number of benzene rings is 1. The van der Waals surface area contributed by atoms with E-state index >= 15 is 0 Å². The van der Waals surface area contributed by atoms with Crippen LogP contribution in [-0.2, 0) is 0 Å². The second kappa shape index (κ2) is 7.93. The van der Waals surface area contributed by atoms with Crippen LogP contribution in [0.15, 0.2) is 35.9 Å². The van der Waals surface area contributed by atoms with Crippen molar-refractivity contribution in [3.05, 3.63) is 40.9 Å². The lowest BCUT2D eigenvalue weighted by Gasteiger charge is -2.32. The van der Waals surface area contributed by atoms with Crippen molar-refractivity contribution in [1.82, 2.24) is 15.0 Å². The summed E-state index contributed by atoms with van der Waals surface area (Å²) in [6.07, 6.45) is 10.2. The number of aliphatic hydroxyl groups excluding tert-OH is 1. The number of nitrogens with zero attached hydrogens (tertiary/aromatic N) is 3. The Kier molecular flexibility index (Phi) is 5.83. The van der Waals surface area contributed by atoms with Gasteiger partial charge in [-0.1, -0.05) is 57.7 Å². The molecule has 0 radical (unpaired) electrons. The SMILES string of the molecule is CCCCC1=CC(C)(CCCC)C=C(n2nc3ccc(Cl)cc3n2)C1O. The molecule has 1 N–H and O–H groups in total. The minimum atomic E-state index is -0.659. The molecule has 1 aromatic heterocycles. The number of rotatable bonds is 7. The zero-order valence-corrected chi connectivity index (χ0v) is 16.6. The maximum atomic E-state index is 11.0. The third-order valence-corrected chi connectivity index (χ3v) is 5.32. The van der Waals surface area contributed by atoms with Gasteiger partial charge < -0.3 is 5.11 Å². The Morgan fingerprint density at radius 2 is 1.85 bits per heavy atom. The quantitative estimate of drug-likeness (QED) is 0.641. The molecule has 0 spiro atoms. The average Bonchev–Trinajstić information content (AvgIpc) is 3.03. The van der Waals surface area contributed by atoms with Crippen LogP contribution in [0.3, 0.4) is 0 Å². The van der Waals surface area contributed by atoms with Gasteiger partial charge in [0.25, 0.3) is 0 Å². The molecule has 2 aromatic rings. The van der Waals surface area contributed by atoms with Crippen LogP contribution in [0.2, 0.25) is 5.02 Å². The Bertz CT molecular complexity index is 839. The fraction of sp³-hybridized carbons (Fsp3) is 0.524. The summed E-state index contributed by atoms with van der Waals surface area (Å²) in [4.78, 5) is 1.59. The van der Waals surface area contributed by atoms with Gasteiger partial charge in [-0.05, 0) is 49.1 Å². The van der Waals surface area contributed by atoms with Crippen molar-refractivity contribution in [2.75, 3.05) is 0 Å². The Labute approximate surface area is 160 Å². The van der Waals surface area contributed by atoms with Gasteiger partial charge in [0.2, 0.25) is 0 Å². The van der Waals surface area contributed by atoms with Gasteiger partial charge in [0, 0.05) is 10.4 Å². The summed E-state index contributed by atoms with van der Waals surface area (Å²) in [6, 6.07) is 5.48. The van der Waals surface area contributed by atoms with Gasteiger partial charge in [-0.3, -0.25) is 0 Å². The number of unbranched alkanes of at least 4 members (excludes halogenated alkanes) is 2. The number of aromatic nitrogens is 3. The molecule has 2 unspecified atom stereocenters. The van der Waals surface area contributed by atoms with E-state index in [1.807, 2.05) is 12.1 Å². The first-order valence-corrected chi connectivity index (χ1v) is 9.99. The molecule has 0 fully saturated rings. The van der Waals surface area contributed by atoms with E-state index in [0.29, 0.717) is 5.02 Å². The zero-order chi connectivity index (χ0) is 18.7. The molecule has 0 saturated carbocycles.